The first-order chi connectivity index (χ1) is 8.58. The van der Waals surface area contributed by atoms with Gasteiger partial charge in [-0.05, 0) is 19.1 Å². The average molecular weight is 248 g/mol. The SMILES string of the molecule is CC1CN(c2ccnc(C(=O)N(C)C)c2)CCN1. The molecule has 1 N–H and O–H groups in total. The van der Waals surface area contributed by atoms with Crippen molar-refractivity contribution in [2.75, 3.05) is 38.6 Å². The molecule has 0 aromatic carbocycles. The predicted octanol–water partition coefficient (Wildman–Crippen LogP) is 0.582. The number of aromatic nitrogens is 1. The number of hydrogen-bond donors (Lipinski definition) is 1. The molecule has 18 heavy (non-hydrogen) atoms. The van der Waals surface area contributed by atoms with Gasteiger partial charge >= 0.3 is 0 Å². The van der Waals surface area contributed by atoms with Crippen LogP contribution in [0.4, 0.5) is 5.69 Å². The molecule has 1 unspecified atom stereocenters. The molecule has 0 spiro atoms. The van der Waals surface area contributed by atoms with Crippen LogP contribution in [0, 0.1) is 0 Å². The van der Waals surface area contributed by atoms with Crippen molar-refractivity contribution >= 4 is 11.6 Å². The van der Waals surface area contributed by atoms with E-state index in [0.717, 1.165) is 25.3 Å². The summed E-state index contributed by atoms with van der Waals surface area (Å²) in [4.78, 5) is 19.9. The fraction of sp³-hybridized carbons (Fsp3) is 0.538. The fourth-order valence-electron chi connectivity index (χ4n) is 2.13. The van der Waals surface area contributed by atoms with Gasteiger partial charge in [0, 0.05) is 51.7 Å². The zero-order valence-electron chi connectivity index (χ0n) is 11.2. The van der Waals surface area contributed by atoms with Gasteiger partial charge in [-0.15, -0.1) is 0 Å². The summed E-state index contributed by atoms with van der Waals surface area (Å²) < 4.78 is 0. The predicted molar refractivity (Wildman–Crippen MR) is 71.9 cm³/mol. The third-order valence-electron chi connectivity index (χ3n) is 3.10. The largest absolute Gasteiger partial charge is 0.369 e. The number of anilines is 1. The molecule has 0 bridgehead atoms. The molecule has 1 atom stereocenters. The number of rotatable bonds is 2. The topological polar surface area (TPSA) is 48.5 Å². The van der Waals surface area contributed by atoms with Gasteiger partial charge < -0.3 is 15.1 Å². The Bertz CT molecular complexity index is 433. The Morgan fingerprint density at radius 1 is 1.56 bits per heavy atom. The Hall–Kier alpha value is -1.62. The van der Waals surface area contributed by atoms with Crippen LogP contribution in [0.3, 0.4) is 0 Å². The van der Waals surface area contributed by atoms with Crippen LogP contribution in [-0.2, 0) is 0 Å². The standard InChI is InChI=1S/C13H20N4O/c1-10-9-17(7-6-14-10)11-4-5-15-12(8-11)13(18)16(2)3/h4-5,8,10,14H,6-7,9H2,1-3H3. The van der Waals surface area contributed by atoms with Crippen molar-refractivity contribution in [3.05, 3.63) is 24.0 Å². The molecule has 2 heterocycles. The lowest BCUT2D eigenvalue weighted by atomic mass is 10.2. The lowest BCUT2D eigenvalue weighted by molar-refractivity contribution is 0.0822. The minimum atomic E-state index is -0.0555. The zero-order valence-corrected chi connectivity index (χ0v) is 11.2. The highest BCUT2D eigenvalue weighted by Gasteiger charge is 2.17. The van der Waals surface area contributed by atoms with Crippen molar-refractivity contribution in [1.29, 1.82) is 0 Å². The maximum absolute atomic E-state index is 11.9. The van der Waals surface area contributed by atoms with Crippen molar-refractivity contribution in [1.82, 2.24) is 15.2 Å². The second-order valence-electron chi connectivity index (χ2n) is 4.90. The molecular formula is C13H20N4O. The van der Waals surface area contributed by atoms with Crippen LogP contribution in [0.15, 0.2) is 18.3 Å². The number of piperazine rings is 1. The van der Waals surface area contributed by atoms with E-state index < -0.39 is 0 Å². The summed E-state index contributed by atoms with van der Waals surface area (Å²) in [6, 6.07) is 4.31. The number of pyridine rings is 1. The molecule has 1 saturated heterocycles. The highest BCUT2D eigenvalue weighted by molar-refractivity contribution is 5.92. The van der Waals surface area contributed by atoms with Crippen LogP contribution in [0.5, 0.6) is 0 Å². The molecule has 0 aliphatic carbocycles. The van der Waals surface area contributed by atoms with Gasteiger partial charge in [-0.3, -0.25) is 9.78 Å². The average Bonchev–Trinajstić information content (AvgIpc) is 2.38. The quantitative estimate of drug-likeness (QED) is 0.832. The number of amides is 1. The molecule has 0 radical (unpaired) electrons. The molecule has 1 aromatic heterocycles. The summed E-state index contributed by atoms with van der Waals surface area (Å²) in [5.41, 5.74) is 1.58. The molecule has 1 fully saturated rings. The zero-order chi connectivity index (χ0) is 13.1. The lowest BCUT2D eigenvalue weighted by Gasteiger charge is -2.33. The van der Waals surface area contributed by atoms with E-state index in [4.69, 9.17) is 0 Å². The van der Waals surface area contributed by atoms with Crippen molar-refractivity contribution in [3.8, 4) is 0 Å². The Kier molecular flexibility index (Phi) is 3.81. The van der Waals surface area contributed by atoms with Crippen molar-refractivity contribution in [3.63, 3.8) is 0 Å². The molecule has 1 aliphatic rings. The van der Waals surface area contributed by atoms with E-state index in [0.29, 0.717) is 11.7 Å². The monoisotopic (exact) mass is 248 g/mol. The van der Waals surface area contributed by atoms with E-state index in [1.165, 1.54) is 0 Å². The first kappa shape index (κ1) is 12.8. The van der Waals surface area contributed by atoms with Crippen LogP contribution < -0.4 is 10.2 Å². The van der Waals surface area contributed by atoms with Crippen LogP contribution in [0.25, 0.3) is 0 Å². The molecule has 1 amide bonds. The molecule has 5 heteroatoms. The number of carbonyl (C=O) groups excluding carboxylic acids is 1. The van der Waals surface area contributed by atoms with Crippen LogP contribution in [0.1, 0.15) is 17.4 Å². The van der Waals surface area contributed by atoms with Gasteiger partial charge in [0.25, 0.3) is 5.91 Å². The second kappa shape index (κ2) is 5.35. The molecule has 1 aliphatic heterocycles. The second-order valence-corrected chi connectivity index (χ2v) is 4.90. The molecule has 2 rings (SSSR count). The van der Waals surface area contributed by atoms with Gasteiger partial charge in [0.05, 0.1) is 0 Å². The number of nitrogens with zero attached hydrogens (tertiary/aromatic N) is 3. The van der Waals surface area contributed by atoms with Crippen molar-refractivity contribution in [2.45, 2.75) is 13.0 Å². The van der Waals surface area contributed by atoms with E-state index in [-0.39, 0.29) is 5.91 Å². The third-order valence-corrected chi connectivity index (χ3v) is 3.10. The Labute approximate surface area is 108 Å². The van der Waals surface area contributed by atoms with E-state index in [1.807, 2.05) is 12.1 Å². The van der Waals surface area contributed by atoms with Crippen LogP contribution >= 0.6 is 0 Å². The van der Waals surface area contributed by atoms with Crippen molar-refractivity contribution in [2.24, 2.45) is 0 Å². The lowest BCUT2D eigenvalue weighted by Crippen LogP contribution is -2.49. The minimum absolute atomic E-state index is 0.0555. The highest BCUT2D eigenvalue weighted by Crippen LogP contribution is 2.16. The van der Waals surface area contributed by atoms with Gasteiger partial charge in [-0.25, -0.2) is 0 Å². The molecule has 98 valence electrons. The Morgan fingerprint density at radius 2 is 2.33 bits per heavy atom. The summed E-state index contributed by atoms with van der Waals surface area (Å²) >= 11 is 0. The van der Waals surface area contributed by atoms with E-state index >= 15 is 0 Å². The summed E-state index contributed by atoms with van der Waals surface area (Å²) in [6.07, 6.45) is 1.71. The first-order valence-corrected chi connectivity index (χ1v) is 6.24. The van der Waals surface area contributed by atoms with E-state index in [2.05, 4.69) is 22.1 Å². The van der Waals surface area contributed by atoms with E-state index in [1.54, 1.807) is 25.2 Å². The first-order valence-electron chi connectivity index (χ1n) is 6.24. The normalized spacial score (nSPS) is 19.7. The van der Waals surface area contributed by atoms with Gasteiger partial charge in [0.15, 0.2) is 0 Å². The number of carbonyl (C=O) groups is 1. The smallest absolute Gasteiger partial charge is 0.272 e. The molecular weight excluding hydrogens is 228 g/mol. The van der Waals surface area contributed by atoms with Crippen LogP contribution in [-0.4, -0.2) is 55.6 Å². The third kappa shape index (κ3) is 2.79. The summed E-state index contributed by atoms with van der Waals surface area (Å²) in [7, 11) is 3.48. The van der Waals surface area contributed by atoms with Gasteiger partial charge in [-0.1, -0.05) is 0 Å². The maximum Gasteiger partial charge on any atom is 0.272 e. The van der Waals surface area contributed by atoms with Gasteiger partial charge in [-0.2, -0.15) is 0 Å². The fourth-order valence-corrected chi connectivity index (χ4v) is 2.13. The van der Waals surface area contributed by atoms with Crippen molar-refractivity contribution < 1.29 is 4.79 Å². The summed E-state index contributed by atoms with van der Waals surface area (Å²) in [5.74, 6) is -0.0555. The van der Waals surface area contributed by atoms with Gasteiger partial charge in [0.1, 0.15) is 5.69 Å². The molecule has 1 aromatic rings. The molecule has 0 saturated carbocycles. The molecule has 5 nitrogen and oxygen atoms in total. The number of nitrogens with one attached hydrogen (secondary N) is 1. The van der Waals surface area contributed by atoms with Gasteiger partial charge in [0.2, 0.25) is 0 Å². The summed E-state index contributed by atoms with van der Waals surface area (Å²) in [6.45, 7) is 5.06. The highest BCUT2D eigenvalue weighted by atomic mass is 16.2. The minimum Gasteiger partial charge on any atom is -0.369 e. The number of hydrogen-bond acceptors (Lipinski definition) is 4. The maximum atomic E-state index is 11.9. The summed E-state index contributed by atoms with van der Waals surface area (Å²) in [5, 5.41) is 3.40. The van der Waals surface area contributed by atoms with E-state index in [9.17, 15) is 4.79 Å². The Morgan fingerprint density at radius 3 is 3.00 bits per heavy atom. The van der Waals surface area contributed by atoms with Crippen LogP contribution in [0.2, 0.25) is 0 Å². The Balaban J connectivity index is 2.19.